The maximum atomic E-state index is 6.07. The molecule has 0 fully saturated rings. The number of anilines is 1. The number of fused-ring (bicyclic) bond motifs is 1. The molecule has 9 heteroatoms. The monoisotopic (exact) mass is 390 g/mol. The van der Waals surface area contributed by atoms with E-state index < -0.39 is 0 Å². The normalized spacial score (nSPS) is 22.3. The predicted molar refractivity (Wildman–Crippen MR) is 102 cm³/mol. The highest BCUT2D eigenvalue weighted by molar-refractivity contribution is 6.42. The smallest absolute Gasteiger partial charge is 0.316 e. The SMILES string of the molecule is C[C@@H](Nc1nnc(C2=CC3C(N)=NNC3C=C2)o1)c1ccc(Cl)c(Cl)c1. The molecule has 1 aliphatic carbocycles. The van der Waals surface area contributed by atoms with Crippen LogP contribution in [0.5, 0.6) is 0 Å². The fraction of sp³-hybridized carbons (Fsp3) is 0.235. The molecule has 1 aromatic carbocycles. The van der Waals surface area contributed by atoms with E-state index in [1.54, 1.807) is 12.1 Å². The number of nitrogens with one attached hydrogen (secondary N) is 2. The van der Waals surface area contributed by atoms with E-state index in [2.05, 4.69) is 26.0 Å². The second-order valence-corrected chi connectivity index (χ2v) is 6.96. The Balaban J connectivity index is 1.50. The first-order chi connectivity index (χ1) is 12.5. The van der Waals surface area contributed by atoms with E-state index in [1.165, 1.54) is 0 Å². The van der Waals surface area contributed by atoms with Crippen LogP contribution in [0.3, 0.4) is 0 Å². The second-order valence-electron chi connectivity index (χ2n) is 6.15. The summed E-state index contributed by atoms with van der Waals surface area (Å²) in [7, 11) is 0. The van der Waals surface area contributed by atoms with Gasteiger partial charge in [-0.3, -0.25) is 0 Å². The molecule has 0 saturated carbocycles. The summed E-state index contributed by atoms with van der Waals surface area (Å²) in [5.41, 5.74) is 10.6. The highest BCUT2D eigenvalue weighted by Gasteiger charge is 2.30. The van der Waals surface area contributed by atoms with Gasteiger partial charge >= 0.3 is 6.01 Å². The van der Waals surface area contributed by atoms with Gasteiger partial charge in [0.25, 0.3) is 0 Å². The van der Waals surface area contributed by atoms with Gasteiger partial charge < -0.3 is 20.9 Å². The summed E-state index contributed by atoms with van der Waals surface area (Å²) < 4.78 is 5.74. The molecular formula is C17H16Cl2N6O. The van der Waals surface area contributed by atoms with Gasteiger partial charge in [0, 0.05) is 5.57 Å². The van der Waals surface area contributed by atoms with E-state index in [0.29, 0.717) is 27.8 Å². The van der Waals surface area contributed by atoms with Crippen LogP contribution in [0.1, 0.15) is 24.4 Å². The van der Waals surface area contributed by atoms with E-state index >= 15 is 0 Å². The van der Waals surface area contributed by atoms with Crippen molar-refractivity contribution in [2.75, 3.05) is 5.32 Å². The van der Waals surface area contributed by atoms with Crippen molar-refractivity contribution in [2.24, 2.45) is 16.8 Å². The van der Waals surface area contributed by atoms with E-state index in [1.807, 2.05) is 31.2 Å². The fourth-order valence-corrected chi connectivity index (χ4v) is 3.19. The first kappa shape index (κ1) is 16.9. The third-order valence-corrected chi connectivity index (χ3v) is 5.11. The molecule has 0 spiro atoms. The minimum absolute atomic E-state index is 0.00607. The van der Waals surface area contributed by atoms with Crippen molar-refractivity contribution in [1.82, 2.24) is 15.6 Å². The Morgan fingerprint density at radius 1 is 1.27 bits per heavy atom. The molecule has 2 aromatic rings. The van der Waals surface area contributed by atoms with Crippen molar-refractivity contribution in [3.63, 3.8) is 0 Å². The summed E-state index contributed by atoms with van der Waals surface area (Å²) in [6, 6.07) is 5.77. The van der Waals surface area contributed by atoms with Crippen molar-refractivity contribution in [1.29, 1.82) is 0 Å². The van der Waals surface area contributed by atoms with Gasteiger partial charge in [-0.1, -0.05) is 52.6 Å². The average molecular weight is 391 g/mol. The van der Waals surface area contributed by atoms with Crippen LogP contribution in [0.2, 0.25) is 10.0 Å². The number of hydrogen-bond acceptors (Lipinski definition) is 7. The van der Waals surface area contributed by atoms with Crippen LogP contribution < -0.4 is 16.5 Å². The Morgan fingerprint density at radius 3 is 2.92 bits per heavy atom. The van der Waals surface area contributed by atoms with Crippen molar-refractivity contribution in [2.45, 2.75) is 19.0 Å². The first-order valence-electron chi connectivity index (χ1n) is 8.05. The molecular weight excluding hydrogens is 375 g/mol. The van der Waals surface area contributed by atoms with E-state index in [0.717, 1.165) is 11.1 Å². The standard InChI is InChI=1S/C17H16Cl2N6O/c1-8(9-2-4-12(18)13(19)7-9)21-17-25-24-16(26-17)10-3-5-14-11(6-10)15(20)23-22-14/h2-8,11,14,22H,1H3,(H2,20,23)(H,21,25)/t8-,11?,14?/m1/s1. The molecule has 0 amide bonds. The number of nitrogens with two attached hydrogens (primary N) is 1. The zero-order valence-corrected chi connectivity index (χ0v) is 15.3. The molecule has 0 bridgehead atoms. The summed E-state index contributed by atoms with van der Waals surface area (Å²) in [6.07, 6.45) is 5.88. The molecule has 4 N–H and O–H groups in total. The van der Waals surface area contributed by atoms with Crippen molar-refractivity contribution >= 4 is 40.6 Å². The summed E-state index contributed by atoms with van der Waals surface area (Å²) in [6.45, 7) is 1.97. The van der Waals surface area contributed by atoms with Crippen LogP contribution in [0.25, 0.3) is 5.57 Å². The Hall–Kier alpha value is -2.51. The van der Waals surface area contributed by atoms with Crippen molar-refractivity contribution in [3.8, 4) is 0 Å². The molecule has 3 atom stereocenters. The van der Waals surface area contributed by atoms with Gasteiger partial charge in [-0.15, -0.1) is 5.10 Å². The van der Waals surface area contributed by atoms with Crippen LogP contribution in [0.15, 0.2) is 45.9 Å². The largest absolute Gasteiger partial charge is 0.403 e. The number of hydrazone groups is 1. The highest BCUT2D eigenvalue weighted by atomic mass is 35.5. The minimum Gasteiger partial charge on any atom is -0.403 e. The van der Waals surface area contributed by atoms with E-state index in [4.69, 9.17) is 33.4 Å². The maximum Gasteiger partial charge on any atom is 0.316 e. The summed E-state index contributed by atoms with van der Waals surface area (Å²) in [4.78, 5) is 0. The summed E-state index contributed by atoms with van der Waals surface area (Å²) in [5.74, 6) is 0.958. The number of amidine groups is 1. The van der Waals surface area contributed by atoms with Crippen LogP contribution in [0.4, 0.5) is 6.01 Å². The molecule has 2 aliphatic rings. The number of aromatic nitrogens is 2. The van der Waals surface area contributed by atoms with Gasteiger partial charge in [0.1, 0.15) is 5.84 Å². The van der Waals surface area contributed by atoms with E-state index in [-0.39, 0.29) is 18.0 Å². The molecule has 1 aromatic heterocycles. The highest BCUT2D eigenvalue weighted by Crippen LogP contribution is 2.29. The number of allylic oxidation sites excluding steroid dienone is 2. The lowest BCUT2D eigenvalue weighted by molar-refractivity contribution is 0.543. The van der Waals surface area contributed by atoms with Crippen LogP contribution in [0, 0.1) is 5.92 Å². The van der Waals surface area contributed by atoms with Crippen LogP contribution in [-0.2, 0) is 0 Å². The topological polar surface area (TPSA) is 101 Å². The zero-order valence-electron chi connectivity index (χ0n) is 13.8. The van der Waals surface area contributed by atoms with Crippen LogP contribution in [-0.4, -0.2) is 22.1 Å². The lowest BCUT2D eigenvalue weighted by Gasteiger charge is -2.17. The van der Waals surface area contributed by atoms with Gasteiger partial charge in [0.05, 0.1) is 28.0 Å². The van der Waals surface area contributed by atoms with Gasteiger partial charge in [-0.05, 0) is 24.6 Å². The molecule has 0 radical (unpaired) electrons. The van der Waals surface area contributed by atoms with Crippen LogP contribution >= 0.6 is 23.2 Å². The molecule has 4 rings (SSSR count). The Labute approximate surface area is 159 Å². The Morgan fingerprint density at radius 2 is 2.12 bits per heavy atom. The molecule has 1 aliphatic heterocycles. The number of rotatable bonds is 4. The predicted octanol–water partition coefficient (Wildman–Crippen LogP) is 3.36. The Kier molecular flexibility index (Phi) is 4.34. The average Bonchev–Trinajstić information content (AvgIpc) is 3.24. The zero-order chi connectivity index (χ0) is 18.3. The van der Waals surface area contributed by atoms with Gasteiger partial charge in [0.2, 0.25) is 5.89 Å². The summed E-state index contributed by atoms with van der Waals surface area (Å²) >= 11 is 12.0. The number of nitrogens with zero attached hydrogens (tertiary/aromatic N) is 3. The van der Waals surface area contributed by atoms with Crippen molar-refractivity contribution < 1.29 is 4.42 Å². The third kappa shape index (κ3) is 3.15. The molecule has 0 saturated heterocycles. The van der Waals surface area contributed by atoms with E-state index in [9.17, 15) is 0 Å². The van der Waals surface area contributed by atoms with Gasteiger partial charge in [-0.2, -0.15) is 5.10 Å². The van der Waals surface area contributed by atoms with Crippen molar-refractivity contribution in [3.05, 3.63) is 57.9 Å². The number of halogens is 2. The molecule has 2 unspecified atom stereocenters. The summed E-state index contributed by atoms with van der Waals surface area (Å²) in [5, 5.41) is 16.4. The number of hydrogen-bond donors (Lipinski definition) is 3. The second kappa shape index (κ2) is 6.66. The van der Waals surface area contributed by atoms with Gasteiger partial charge in [0.15, 0.2) is 0 Å². The lowest BCUT2D eigenvalue weighted by atomic mass is 9.92. The number of benzene rings is 1. The molecule has 2 heterocycles. The maximum absolute atomic E-state index is 6.07. The fourth-order valence-electron chi connectivity index (χ4n) is 2.89. The minimum atomic E-state index is -0.0832. The quantitative estimate of drug-likeness (QED) is 0.739. The molecule has 7 nitrogen and oxygen atoms in total. The van der Waals surface area contributed by atoms with Gasteiger partial charge in [-0.25, -0.2) is 0 Å². The Bertz CT molecular complexity index is 935. The molecule has 134 valence electrons. The third-order valence-electron chi connectivity index (χ3n) is 4.37. The first-order valence-corrected chi connectivity index (χ1v) is 8.81. The molecule has 26 heavy (non-hydrogen) atoms. The lowest BCUT2D eigenvalue weighted by Crippen LogP contribution is -2.30.